The average Bonchev–Trinajstić information content (AvgIpc) is 2.29. The highest BCUT2D eigenvalue weighted by molar-refractivity contribution is 5.96. The van der Waals surface area contributed by atoms with E-state index in [4.69, 9.17) is 4.74 Å². The second-order valence-electron chi connectivity index (χ2n) is 4.87. The number of carbonyl (C=O) groups is 1. The van der Waals surface area contributed by atoms with Crippen LogP contribution in [-0.4, -0.2) is 18.5 Å². The summed E-state index contributed by atoms with van der Waals surface area (Å²) in [6.07, 6.45) is 0.872. The lowest BCUT2D eigenvalue weighted by molar-refractivity contribution is 0.0141. The van der Waals surface area contributed by atoms with Crippen LogP contribution in [-0.2, 0) is 4.74 Å². The minimum Gasteiger partial charge on any atom is -0.379 e. The first-order chi connectivity index (χ1) is 7.85. The van der Waals surface area contributed by atoms with E-state index < -0.39 is 5.82 Å². The Labute approximate surface area is 102 Å². The Morgan fingerprint density at radius 1 is 1.41 bits per heavy atom. The number of ether oxygens (including phenoxy) is 1. The predicted octanol–water partition coefficient (Wildman–Crippen LogP) is 3.52. The molecule has 0 saturated heterocycles. The zero-order valence-electron chi connectivity index (χ0n) is 10.8. The Morgan fingerprint density at radius 3 is 2.65 bits per heavy atom. The highest BCUT2D eigenvalue weighted by Crippen LogP contribution is 2.19. The van der Waals surface area contributed by atoms with E-state index in [1.54, 1.807) is 19.2 Å². The van der Waals surface area contributed by atoms with Crippen LogP contribution in [0.4, 0.5) is 4.39 Å². The zero-order chi connectivity index (χ0) is 13.1. The maximum atomic E-state index is 13.5. The van der Waals surface area contributed by atoms with Crippen molar-refractivity contribution in [3.8, 4) is 0 Å². The summed E-state index contributed by atoms with van der Waals surface area (Å²) in [5.74, 6) is -0.618. The third-order valence-corrected chi connectivity index (χ3v) is 2.93. The number of benzene rings is 1. The summed E-state index contributed by atoms with van der Waals surface area (Å²) in [5.41, 5.74) is 0.716. The van der Waals surface area contributed by atoms with E-state index in [1.165, 1.54) is 6.07 Å². The lowest BCUT2D eigenvalue weighted by Crippen LogP contribution is -2.23. The molecule has 0 aliphatic carbocycles. The quantitative estimate of drug-likeness (QED) is 0.734. The van der Waals surface area contributed by atoms with Crippen molar-refractivity contribution in [2.45, 2.75) is 39.2 Å². The molecule has 0 N–H and O–H groups in total. The molecular formula is C14H19FO2. The number of Topliss-reactive ketones (excluding diaryl/α,β-unsaturated/α-hetero) is 1. The van der Waals surface area contributed by atoms with E-state index in [0.717, 1.165) is 5.56 Å². The SMILES string of the molecule is COC(C)(C)CCC(=O)c1cc(C)ccc1F. The van der Waals surface area contributed by atoms with Crippen LogP contribution >= 0.6 is 0 Å². The Bertz CT molecular complexity index is 411. The lowest BCUT2D eigenvalue weighted by atomic mass is 9.97. The Hall–Kier alpha value is -1.22. The molecule has 0 spiro atoms. The first-order valence-corrected chi connectivity index (χ1v) is 5.70. The van der Waals surface area contributed by atoms with Gasteiger partial charge in [0.15, 0.2) is 5.78 Å². The number of rotatable bonds is 5. The molecule has 0 unspecified atom stereocenters. The number of aryl methyl sites for hydroxylation is 1. The molecule has 0 radical (unpaired) electrons. The summed E-state index contributed by atoms with van der Waals surface area (Å²) in [7, 11) is 1.61. The van der Waals surface area contributed by atoms with Gasteiger partial charge >= 0.3 is 0 Å². The molecule has 94 valence electrons. The van der Waals surface area contributed by atoms with E-state index in [2.05, 4.69) is 0 Å². The van der Waals surface area contributed by atoms with Crippen LogP contribution in [0.15, 0.2) is 18.2 Å². The fraction of sp³-hybridized carbons (Fsp3) is 0.500. The Morgan fingerprint density at radius 2 is 2.06 bits per heavy atom. The third-order valence-electron chi connectivity index (χ3n) is 2.93. The van der Waals surface area contributed by atoms with E-state index in [-0.39, 0.29) is 16.9 Å². The molecule has 0 saturated carbocycles. The van der Waals surface area contributed by atoms with Crippen LogP contribution in [0.5, 0.6) is 0 Å². The van der Waals surface area contributed by atoms with E-state index in [9.17, 15) is 9.18 Å². The van der Waals surface area contributed by atoms with E-state index in [0.29, 0.717) is 12.8 Å². The second kappa shape index (κ2) is 5.41. The maximum Gasteiger partial charge on any atom is 0.165 e. The van der Waals surface area contributed by atoms with Gasteiger partial charge in [0.2, 0.25) is 0 Å². The van der Waals surface area contributed by atoms with Crippen molar-refractivity contribution in [3.63, 3.8) is 0 Å². The normalized spacial score (nSPS) is 11.6. The molecule has 3 heteroatoms. The van der Waals surface area contributed by atoms with Gasteiger partial charge in [-0.15, -0.1) is 0 Å². The molecule has 0 atom stereocenters. The van der Waals surface area contributed by atoms with Gasteiger partial charge in [-0.1, -0.05) is 11.6 Å². The average molecular weight is 238 g/mol. The van der Waals surface area contributed by atoms with Crippen molar-refractivity contribution in [3.05, 3.63) is 35.1 Å². The number of methoxy groups -OCH3 is 1. The standard InChI is InChI=1S/C14H19FO2/c1-10-5-6-12(15)11(9-10)13(16)7-8-14(2,3)17-4/h5-6,9H,7-8H2,1-4H3. The Balaban J connectivity index is 2.74. The second-order valence-corrected chi connectivity index (χ2v) is 4.87. The summed E-state index contributed by atoms with van der Waals surface area (Å²) < 4.78 is 18.7. The molecule has 0 bridgehead atoms. The van der Waals surface area contributed by atoms with Crippen LogP contribution in [0.25, 0.3) is 0 Å². The molecule has 0 aromatic heterocycles. The minimum absolute atomic E-state index is 0.170. The minimum atomic E-state index is -0.448. The van der Waals surface area contributed by atoms with Gasteiger partial charge in [-0.3, -0.25) is 4.79 Å². The van der Waals surface area contributed by atoms with Crippen LogP contribution in [0.3, 0.4) is 0 Å². The molecule has 1 aromatic carbocycles. The van der Waals surface area contributed by atoms with Crippen molar-refractivity contribution >= 4 is 5.78 Å². The summed E-state index contributed by atoms with van der Waals surface area (Å²) >= 11 is 0. The highest BCUT2D eigenvalue weighted by Gasteiger charge is 2.20. The van der Waals surface area contributed by atoms with Gasteiger partial charge in [0.05, 0.1) is 11.2 Å². The van der Waals surface area contributed by atoms with Gasteiger partial charge in [0.25, 0.3) is 0 Å². The molecule has 0 aliphatic heterocycles. The van der Waals surface area contributed by atoms with Crippen LogP contribution in [0, 0.1) is 12.7 Å². The summed E-state index contributed by atoms with van der Waals surface area (Å²) in [6, 6.07) is 4.59. The molecule has 0 aliphatic rings. The number of hydrogen-bond acceptors (Lipinski definition) is 2. The van der Waals surface area contributed by atoms with Gasteiger partial charge in [-0.05, 0) is 39.3 Å². The molecule has 1 aromatic rings. The van der Waals surface area contributed by atoms with Crippen molar-refractivity contribution < 1.29 is 13.9 Å². The zero-order valence-corrected chi connectivity index (χ0v) is 10.8. The third kappa shape index (κ3) is 3.93. The molecule has 0 fully saturated rings. The fourth-order valence-electron chi connectivity index (χ4n) is 1.50. The van der Waals surface area contributed by atoms with Crippen LogP contribution in [0.1, 0.15) is 42.6 Å². The van der Waals surface area contributed by atoms with Crippen molar-refractivity contribution in [2.75, 3.05) is 7.11 Å². The molecule has 1 rings (SSSR count). The van der Waals surface area contributed by atoms with Gasteiger partial charge in [0, 0.05) is 13.5 Å². The largest absolute Gasteiger partial charge is 0.379 e. The fourth-order valence-corrected chi connectivity index (χ4v) is 1.50. The smallest absolute Gasteiger partial charge is 0.165 e. The first kappa shape index (κ1) is 13.8. The molecule has 17 heavy (non-hydrogen) atoms. The molecular weight excluding hydrogens is 219 g/mol. The summed E-state index contributed by atoms with van der Waals surface area (Å²) in [4.78, 5) is 11.9. The highest BCUT2D eigenvalue weighted by atomic mass is 19.1. The number of hydrogen-bond donors (Lipinski definition) is 0. The first-order valence-electron chi connectivity index (χ1n) is 5.70. The van der Waals surface area contributed by atoms with Gasteiger partial charge in [-0.25, -0.2) is 4.39 Å². The molecule has 2 nitrogen and oxygen atoms in total. The van der Waals surface area contributed by atoms with Crippen LogP contribution in [0.2, 0.25) is 0 Å². The monoisotopic (exact) mass is 238 g/mol. The Kier molecular flexibility index (Phi) is 4.40. The number of ketones is 1. The van der Waals surface area contributed by atoms with Crippen LogP contribution < -0.4 is 0 Å². The topological polar surface area (TPSA) is 26.3 Å². The molecule has 0 amide bonds. The molecule has 0 heterocycles. The number of carbonyl (C=O) groups excluding carboxylic acids is 1. The van der Waals surface area contributed by atoms with E-state index in [1.807, 2.05) is 20.8 Å². The number of halogens is 1. The van der Waals surface area contributed by atoms with E-state index >= 15 is 0 Å². The van der Waals surface area contributed by atoms with Crippen molar-refractivity contribution in [1.29, 1.82) is 0 Å². The van der Waals surface area contributed by atoms with Gasteiger partial charge in [0.1, 0.15) is 5.82 Å². The van der Waals surface area contributed by atoms with Crippen molar-refractivity contribution in [1.82, 2.24) is 0 Å². The van der Waals surface area contributed by atoms with Crippen molar-refractivity contribution in [2.24, 2.45) is 0 Å². The summed E-state index contributed by atoms with van der Waals surface area (Å²) in [5, 5.41) is 0. The lowest BCUT2D eigenvalue weighted by Gasteiger charge is -2.22. The maximum absolute atomic E-state index is 13.5. The van der Waals surface area contributed by atoms with Gasteiger partial charge < -0.3 is 4.74 Å². The van der Waals surface area contributed by atoms with Gasteiger partial charge in [-0.2, -0.15) is 0 Å². The predicted molar refractivity (Wildman–Crippen MR) is 65.8 cm³/mol. The summed E-state index contributed by atoms with van der Waals surface area (Å²) in [6.45, 7) is 5.66.